The highest BCUT2D eigenvalue weighted by atomic mass is 16.4. The highest BCUT2D eigenvalue weighted by Gasteiger charge is 2.65. The number of hydrogen-bond acceptors (Lipinski definition) is 8. The van der Waals surface area contributed by atoms with Gasteiger partial charge in [0.05, 0.1) is 23.6 Å². The third-order valence-electron chi connectivity index (χ3n) is 6.67. The summed E-state index contributed by atoms with van der Waals surface area (Å²) in [6.07, 6.45) is -5.10. The van der Waals surface area contributed by atoms with Crippen LogP contribution in [0.5, 0.6) is 0 Å². The Morgan fingerprint density at radius 3 is 1.76 bits per heavy atom. The molecule has 0 radical (unpaired) electrons. The lowest BCUT2D eigenvalue weighted by Crippen LogP contribution is -2.81. The minimum atomic E-state index is -1.64. The zero-order valence-corrected chi connectivity index (χ0v) is 14.9. The summed E-state index contributed by atoms with van der Waals surface area (Å²) in [5.74, 6) is 0.321. The Labute approximate surface area is 147 Å². The molecule has 0 saturated carbocycles. The van der Waals surface area contributed by atoms with Crippen molar-refractivity contribution in [3.8, 4) is 0 Å². The third-order valence-corrected chi connectivity index (χ3v) is 6.67. The highest BCUT2D eigenvalue weighted by molar-refractivity contribution is 5.93. The van der Waals surface area contributed by atoms with E-state index in [0.717, 1.165) is 12.8 Å². The number of rotatable bonds is 7. The molecule has 0 unspecified atom stereocenters. The second-order valence-electron chi connectivity index (χ2n) is 8.04. The fraction of sp³-hybridized carbons (Fsp3) is 0.941. The molecule has 4 heterocycles. The Bertz CT molecular complexity index is 487. The molecule has 0 spiro atoms. The van der Waals surface area contributed by atoms with Crippen molar-refractivity contribution in [2.24, 2.45) is 10.8 Å². The van der Waals surface area contributed by atoms with Gasteiger partial charge in [-0.15, -0.1) is 0 Å². The van der Waals surface area contributed by atoms with E-state index in [1.54, 1.807) is 0 Å². The Balaban J connectivity index is 1.84. The summed E-state index contributed by atoms with van der Waals surface area (Å²) < 4.78 is 0. The first-order chi connectivity index (χ1) is 11.7. The van der Waals surface area contributed by atoms with E-state index in [0.29, 0.717) is 32.0 Å². The number of Topliss-reactive ketones (excluding diaryl/α,β-unsaturated/α-hetero) is 1. The zero-order chi connectivity index (χ0) is 18.6. The average molecular weight is 358 g/mol. The third kappa shape index (κ3) is 2.66. The summed E-state index contributed by atoms with van der Waals surface area (Å²) in [5.41, 5.74) is -0.867. The molecule has 8 nitrogen and oxygen atoms in total. The van der Waals surface area contributed by atoms with Crippen LogP contribution in [0.2, 0.25) is 0 Å². The van der Waals surface area contributed by atoms with Gasteiger partial charge in [0.1, 0.15) is 30.2 Å². The minimum absolute atomic E-state index is 0.321. The molecule has 0 aromatic heterocycles. The molecular weight excluding hydrogens is 328 g/mol. The number of ketones is 1. The SMILES string of the molecule is CCC12CN3CC(CC)(CN(C1)C3[C@H](O)[C@H](O)[C@@H](O)[C@H](O)CO)C2=O. The lowest BCUT2D eigenvalue weighted by atomic mass is 9.58. The van der Waals surface area contributed by atoms with Gasteiger partial charge in [-0.1, -0.05) is 13.8 Å². The molecule has 0 aliphatic carbocycles. The van der Waals surface area contributed by atoms with Gasteiger partial charge in [0.2, 0.25) is 0 Å². The number of nitrogens with zero attached hydrogens (tertiary/aromatic N) is 2. The molecule has 4 atom stereocenters. The van der Waals surface area contributed by atoms with Crippen molar-refractivity contribution in [3.05, 3.63) is 0 Å². The number of aliphatic hydroxyl groups excluding tert-OH is 5. The maximum absolute atomic E-state index is 13.1. The Morgan fingerprint density at radius 2 is 1.40 bits per heavy atom. The van der Waals surface area contributed by atoms with E-state index < -0.39 is 48.0 Å². The lowest BCUT2D eigenvalue weighted by Gasteiger charge is -2.67. The normalized spacial score (nSPS) is 44.6. The average Bonchev–Trinajstić information content (AvgIpc) is 2.62. The van der Waals surface area contributed by atoms with Gasteiger partial charge in [-0.25, -0.2) is 0 Å². The fourth-order valence-electron chi connectivity index (χ4n) is 5.14. The van der Waals surface area contributed by atoms with Crippen LogP contribution in [0.4, 0.5) is 0 Å². The molecule has 4 bridgehead atoms. The fourth-order valence-corrected chi connectivity index (χ4v) is 5.14. The van der Waals surface area contributed by atoms with Gasteiger partial charge in [0.15, 0.2) is 0 Å². The van der Waals surface area contributed by atoms with Gasteiger partial charge in [-0.3, -0.25) is 14.6 Å². The van der Waals surface area contributed by atoms with E-state index in [9.17, 15) is 25.2 Å². The van der Waals surface area contributed by atoms with Gasteiger partial charge in [-0.05, 0) is 12.8 Å². The molecule has 144 valence electrons. The number of hydrogen-bond donors (Lipinski definition) is 5. The summed E-state index contributed by atoms with van der Waals surface area (Å²) in [6, 6.07) is 0. The van der Waals surface area contributed by atoms with Crippen LogP contribution >= 0.6 is 0 Å². The Kier molecular flexibility index (Phi) is 5.00. The lowest BCUT2D eigenvalue weighted by molar-refractivity contribution is -0.234. The predicted molar refractivity (Wildman–Crippen MR) is 88.5 cm³/mol. The van der Waals surface area contributed by atoms with Crippen LogP contribution in [0.25, 0.3) is 0 Å². The van der Waals surface area contributed by atoms with Crippen LogP contribution in [-0.2, 0) is 4.79 Å². The van der Waals surface area contributed by atoms with E-state index in [1.165, 1.54) is 0 Å². The molecule has 4 fully saturated rings. The molecule has 25 heavy (non-hydrogen) atoms. The molecule has 4 saturated heterocycles. The van der Waals surface area contributed by atoms with Crippen LogP contribution in [0.1, 0.15) is 26.7 Å². The van der Waals surface area contributed by atoms with Crippen molar-refractivity contribution in [2.45, 2.75) is 57.3 Å². The number of carbonyl (C=O) groups excluding carboxylic acids is 1. The van der Waals surface area contributed by atoms with Gasteiger partial charge < -0.3 is 25.5 Å². The highest BCUT2D eigenvalue weighted by Crippen LogP contribution is 2.51. The van der Waals surface area contributed by atoms with Crippen LogP contribution in [0.3, 0.4) is 0 Å². The number of carbonyl (C=O) groups is 1. The van der Waals surface area contributed by atoms with Crippen molar-refractivity contribution in [1.29, 1.82) is 0 Å². The van der Waals surface area contributed by atoms with Crippen molar-refractivity contribution >= 4 is 5.78 Å². The molecule has 4 aliphatic rings. The second-order valence-corrected chi connectivity index (χ2v) is 8.04. The molecular formula is C17H30N2O6. The summed E-state index contributed by atoms with van der Waals surface area (Å²) in [4.78, 5) is 17.1. The van der Waals surface area contributed by atoms with E-state index in [4.69, 9.17) is 5.11 Å². The summed E-state index contributed by atoms with van der Waals surface area (Å²) in [6.45, 7) is 5.47. The van der Waals surface area contributed by atoms with E-state index in [-0.39, 0.29) is 0 Å². The van der Waals surface area contributed by atoms with Crippen LogP contribution in [-0.4, -0.2) is 104 Å². The summed E-state index contributed by atoms with van der Waals surface area (Å²) in [5, 5.41) is 49.4. The topological polar surface area (TPSA) is 125 Å². The van der Waals surface area contributed by atoms with E-state index in [2.05, 4.69) is 0 Å². The van der Waals surface area contributed by atoms with Crippen molar-refractivity contribution < 1.29 is 30.3 Å². The second kappa shape index (κ2) is 6.53. The summed E-state index contributed by atoms with van der Waals surface area (Å²) in [7, 11) is 0. The van der Waals surface area contributed by atoms with Gasteiger partial charge in [0.25, 0.3) is 0 Å². The first-order valence-electron chi connectivity index (χ1n) is 9.11. The molecule has 4 aliphatic heterocycles. The van der Waals surface area contributed by atoms with Crippen LogP contribution in [0, 0.1) is 10.8 Å². The maximum atomic E-state index is 13.1. The summed E-state index contributed by atoms with van der Waals surface area (Å²) >= 11 is 0. The maximum Gasteiger partial charge on any atom is 0.150 e. The first-order valence-corrected chi connectivity index (χ1v) is 9.11. The first kappa shape index (κ1) is 19.2. The van der Waals surface area contributed by atoms with Gasteiger partial charge in [-0.2, -0.15) is 0 Å². The quantitative estimate of drug-likeness (QED) is 0.346. The zero-order valence-electron chi connectivity index (χ0n) is 14.9. The van der Waals surface area contributed by atoms with Gasteiger partial charge in [0, 0.05) is 26.2 Å². The molecule has 0 aromatic carbocycles. The standard InChI is InChI=1S/C17H30N2O6/c1-3-16-6-18-8-17(4-2,15(16)25)9-19(7-16)14(18)13(24)12(23)11(22)10(21)5-20/h10-14,20-24H,3-9H2,1-2H3/t10-,11+,12-,13-,14?,16?,17?/m1/s1. The number of aliphatic hydroxyl groups is 5. The Morgan fingerprint density at radius 1 is 0.960 bits per heavy atom. The van der Waals surface area contributed by atoms with Crippen molar-refractivity contribution in [1.82, 2.24) is 9.80 Å². The van der Waals surface area contributed by atoms with E-state index in [1.807, 2.05) is 23.6 Å². The molecule has 0 amide bonds. The molecule has 8 heteroatoms. The van der Waals surface area contributed by atoms with Crippen molar-refractivity contribution in [3.63, 3.8) is 0 Å². The molecule has 4 rings (SSSR count). The molecule has 5 N–H and O–H groups in total. The minimum Gasteiger partial charge on any atom is -0.394 e. The van der Waals surface area contributed by atoms with Crippen LogP contribution < -0.4 is 0 Å². The smallest absolute Gasteiger partial charge is 0.150 e. The van der Waals surface area contributed by atoms with Crippen molar-refractivity contribution in [2.75, 3.05) is 32.8 Å². The Hall–Kier alpha value is -0.610. The molecule has 0 aromatic rings. The van der Waals surface area contributed by atoms with Gasteiger partial charge >= 0.3 is 0 Å². The van der Waals surface area contributed by atoms with E-state index >= 15 is 0 Å². The number of piperidine rings is 2. The predicted octanol–water partition coefficient (Wildman–Crippen LogP) is -2.24. The monoisotopic (exact) mass is 358 g/mol. The van der Waals surface area contributed by atoms with Crippen LogP contribution in [0.15, 0.2) is 0 Å². The largest absolute Gasteiger partial charge is 0.394 e.